The van der Waals surface area contributed by atoms with E-state index in [0.717, 1.165) is 32.6 Å². The molecule has 0 unspecified atom stereocenters. The summed E-state index contributed by atoms with van der Waals surface area (Å²) < 4.78 is 5.98. The number of nitrogens with zero attached hydrogens (tertiary/aromatic N) is 4. The van der Waals surface area contributed by atoms with Crippen LogP contribution in [-0.4, -0.2) is 82.4 Å². The number of likely N-dealkylation sites (tertiary alicyclic amines) is 1. The Balaban J connectivity index is 1.39. The highest BCUT2D eigenvalue weighted by atomic mass is 16.5. The van der Waals surface area contributed by atoms with Crippen molar-refractivity contribution in [2.24, 2.45) is 0 Å². The Hall–Kier alpha value is -2.15. The molecule has 2 amide bonds. The molecule has 1 aromatic heterocycles. The van der Waals surface area contributed by atoms with E-state index >= 15 is 0 Å². The van der Waals surface area contributed by atoms with Gasteiger partial charge in [0.2, 0.25) is 11.8 Å². The van der Waals surface area contributed by atoms with Gasteiger partial charge in [0, 0.05) is 51.8 Å². The molecule has 1 aliphatic carbocycles. The first-order valence-electron chi connectivity index (χ1n) is 10.5. The first kappa shape index (κ1) is 19.2. The third kappa shape index (κ3) is 4.14. The minimum Gasteiger partial charge on any atom is -0.487 e. The Morgan fingerprint density at radius 1 is 1.14 bits per heavy atom. The average molecular weight is 386 g/mol. The van der Waals surface area contributed by atoms with Crippen LogP contribution in [0.2, 0.25) is 0 Å². The second-order valence-corrected chi connectivity index (χ2v) is 8.15. The highest BCUT2D eigenvalue weighted by Crippen LogP contribution is 2.27. The molecule has 3 heterocycles. The fourth-order valence-electron chi connectivity index (χ4n) is 4.56. The lowest BCUT2D eigenvalue weighted by Gasteiger charge is -2.36. The van der Waals surface area contributed by atoms with Crippen LogP contribution in [0, 0.1) is 0 Å². The van der Waals surface area contributed by atoms with Crippen molar-refractivity contribution in [2.45, 2.75) is 57.2 Å². The minimum absolute atomic E-state index is 0.0680. The molecule has 1 aromatic rings. The van der Waals surface area contributed by atoms with E-state index in [1.54, 1.807) is 17.3 Å². The minimum atomic E-state index is -0.422. The van der Waals surface area contributed by atoms with Crippen molar-refractivity contribution in [1.29, 1.82) is 0 Å². The molecule has 152 valence electrons. The molecule has 28 heavy (non-hydrogen) atoms. The smallest absolute Gasteiger partial charge is 0.245 e. The lowest BCUT2D eigenvalue weighted by molar-refractivity contribution is -0.142. The zero-order chi connectivity index (χ0) is 19.5. The number of carbonyl (C=O) groups is 2. The monoisotopic (exact) mass is 386 g/mol. The van der Waals surface area contributed by atoms with Crippen LogP contribution in [0.1, 0.15) is 39.0 Å². The molecule has 4 rings (SSSR count). The van der Waals surface area contributed by atoms with Crippen LogP contribution in [0.4, 0.5) is 0 Å². The number of amides is 2. The predicted octanol–water partition coefficient (Wildman–Crippen LogP) is 1.54. The summed E-state index contributed by atoms with van der Waals surface area (Å²) in [6.45, 7) is 5.53. The molecular formula is C21H30N4O3. The third-order valence-corrected chi connectivity index (χ3v) is 6.32. The van der Waals surface area contributed by atoms with Gasteiger partial charge < -0.3 is 14.5 Å². The molecule has 2 atom stereocenters. The molecule has 7 nitrogen and oxygen atoms in total. The van der Waals surface area contributed by atoms with Crippen LogP contribution in [0.5, 0.6) is 5.75 Å². The van der Waals surface area contributed by atoms with Gasteiger partial charge in [-0.25, -0.2) is 0 Å². The zero-order valence-corrected chi connectivity index (χ0v) is 16.6. The Morgan fingerprint density at radius 3 is 2.68 bits per heavy atom. The fraction of sp³-hybridized carbons (Fsp3) is 0.667. The molecule has 0 spiro atoms. The lowest BCUT2D eigenvalue weighted by atomic mass is 9.91. The summed E-state index contributed by atoms with van der Waals surface area (Å²) >= 11 is 0. The Labute approximate surface area is 166 Å². The molecule has 2 saturated heterocycles. The van der Waals surface area contributed by atoms with Gasteiger partial charge in [0.25, 0.3) is 0 Å². The van der Waals surface area contributed by atoms with E-state index in [9.17, 15) is 9.59 Å². The normalized spacial score (nSPS) is 26.6. The molecule has 0 radical (unpaired) electrons. The first-order valence-corrected chi connectivity index (χ1v) is 10.5. The maximum atomic E-state index is 13.3. The van der Waals surface area contributed by atoms with Crippen molar-refractivity contribution in [2.75, 3.05) is 32.7 Å². The molecular weight excluding hydrogens is 356 g/mol. The van der Waals surface area contributed by atoms with E-state index in [-0.39, 0.29) is 17.9 Å². The van der Waals surface area contributed by atoms with E-state index in [0.29, 0.717) is 24.8 Å². The van der Waals surface area contributed by atoms with Gasteiger partial charge in [-0.15, -0.1) is 0 Å². The van der Waals surface area contributed by atoms with Gasteiger partial charge in [0.15, 0.2) is 0 Å². The van der Waals surface area contributed by atoms with Gasteiger partial charge in [0.1, 0.15) is 17.9 Å². The highest BCUT2D eigenvalue weighted by molar-refractivity contribution is 5.87. The van der Waals surface area contributed by atoms with Crippen molar-refractivity contribution in [3.8, 4) is 5.75 Å². The molecule has 0 aromatic carbocycles. The van der Waals surface area contributed by atoms with Crippen molar-refractivity contribution >= 4 is 11.8 Å². The number of ether oxygens (including phenoxy) is 1. The van der Waals surface area contributed by atoms with Crippen molar-refractivity contribution in [3.05, 3.63) is 24.5 Å². The number of pyridine rings is 1. The molecule has 0 bridgehead atoms. The van der Waals surface area contributed by atoms with Crippen molar-refractivity contribution in [1.82, 2.24) is 19.7 Å². The van der Waals surface area contributed by atoms with E-state index < -0.39 is 6.04 Å². The largest absolute Gasteiger partial charge is 0.487 e. The van der Waals surface area contributed by atoms with Crippen LogP contribution < -0.4 is 4.74 Å². The molecule has 7 heteroatoms. The van der Waals surface area contributed by atoms with Gasteiger partial charge >= 0.3 is 0 Å². The summed E-state index contributed by atoms with van der Waals surface area (Å²) in [6, 6.07) is 3.96. The third-order valence-electron chi connectivity index (χ3n) is 6.32. The van der Waals surface area contributed by atoms with Crippen LogP contribution in [-0.2, 0) is 9.59 Å². The van der Waals surface area contributed by atoms with Gasteiger partial charge in [0.05, 0.1) is 12.7 Å². The number of hydrogen-bond acceptors (Lipinski definition) is 5. The van der Waals surface area contributed by atoms with Crippen LogP contribution in [0.25, 0.3) is 0 Å². The van der Waals surface area contributed by atoms with Gasteiger partial charge in [-0.3, -0.25) is 19.5 Å². The number of hydrogen-bond donors (Lipinski definition) is 0. The van der Waals surface area contributed by atoms with Crippen molar-refractivity contribution in [3.63, 3.8) is 0 Å². The number of carbonyl (C=O) groups excluding carboxylic acids is 2. The standard InChI is InChI=1S/C21H30N4O3/c1-16(26)25-15-19(28-18-7-3-8-22-14-18)13-20(25)21(27)24-10-4-9-23(11-12-24)17-5-2-6-17/h3,7-8,14,17,19-20H,2,4-6,9-13,15H2,1H3/t19-,20+/m0/s1. The van der Waals surface area contributed by atoms with Crippen molar-refractivity contribution < 1.29 is 14.3 Å². The average Bonchev–Trinajstić information content (AvgIpc) is 2.92. The molecule has 3 fully saturated rings. The van der Waals surface area contributed by atoms with E-state index in [2.05, 4.69) is 9.88 Å². The van der Waals surface area contributed by atoms with E-state index in [4.69, 9.17) is 4.74 Å². The van der Waals surface area contributed by atoms with Gasteiger partial charge in [-0.05, 0) is 31.4 Å². The van der Waals surface area contributed by atoms with Gasteiger partial charge in [-0.1, -0.05) is 6.42 Å². The summed E-state index contributed by atoms with van der Waals surface area (Å²) in [5.74, 6) is 0.680. The van der Waals surface area contributed by atoms with E-state index in [1.807, 2.05) is 17.0 Å². The summed E-state index contributed by atoms with van der Waals surface area (Å²) in [4.78, 5) is 35.7. The summed E-state index contributed by atoms with van der Waals surface area (Å²) in [5.41, 5.74) is 0. The van der Waals surface area contributed by atoms with Crippen LogP contribution >= 0.6 is 0 Å². The topological polar surface area (TPSA) is 66.0 Å². The van der Waals surface area contributed by atoms with E-state index in [1.165, 1.54) is 26.2 Å². The Morgan fingerprint density at radius 2 is 2.00 bits per heavy atom. The number of rotatable bonds is 4. The first-order chi connectivity index (χ1) is 13.6. The van der Waals surface area contributed by atoms with Gasteiger partial charge in [-0.2, -0.15) is 0 Å². The summed E-state index contributed by atoms with van der Waals surface area (Å²) in [6.07, 6.45) is 8.64. The maximum absolute atomic E-state index is 13.3. The van der Waals surface area contributed by atoms with Crippen LogP contribution in [0.15, 0.2) is 24.5 Å². The molecule has 0 N–H and O–H groups in total. The molecule has 2 aliphatic heterocycles. The highest BCUT2D eigenvalue weighted by Gasteiger charge is 2.41. The number of aromatic nitrogens is 1. The lowest BCUT2D eigenvalue weighted by Crippen LogP contribution is -2.48. The SMILES string of the molecule is CC(=O)N1C[C@@H](Oc2cccnc2)C[C@@H]1C(=O)N1CCCN(C2CCC2)CC1. The fourth-order valence-corrected chi connectivity index (χ4v) is 4.56. The molecule has 3 aliphatic rings. The molecule has 1 saturated carbocycles. The summed E-state index contributed by atoms with van der Waals surface area (Å²) in [7, 11) is 0. The Bertz CT molecular complexity index is 694. The van der Waals surface area contributed by atoms with Crippen LogP contribution in [0.3, 0.4) is 0 Å². The second-order valence-electron chi connectivity index (χ2n) is 8.15. The quantitative estimate of drug-likeness (QED) is 0.785. The summed E-state index contributed by atoms with van der Waals surface area (Å²) in [5, 5.41) is 0. The maximum Gasteiger partial charge on any atom is 0.245 e. The zero-order valence-electron chi connectivity index (χ0n) is 16.6. The predicted molar refractivity (Wildman–Crippen MR) is 105 cm³/mol. The second kappa shape index (κ2) is 8.47. The Kier molecular flexibility index (Phi) is 5.80.